The fourth-order valence-electron chi connectivity index (χ4n) is 3.35. The van der Waals surface area contributed by atoms with Crippen LogP contribution in [0.2, 0.25) is 0 Å². The van der Waals surface area contributed by atoms with E-state index in [9.17, 15) is 23.2 Å². The number of halogens is 2. The van der Waals surface area contributed by atoms with Crippen LogP contribution in [-0.2, 0) is 13.6 Å². The van der Waals surface area contributed by atoms with Crippen molar-refractivity contribution >= 4 is 17.1 Å². The summed E-state index contributed by atoms with van der Waals surface area (Å²) in [5.74, 6) is -2.99. The summed E-state index contributed by atoms with van der Waals surface area (Å²) < 4.78 is 28.7. The number of amides is 1. The first kappa shape index (κ1) is 24.1. The SMILES string of the molecule is CCN(CC)CCCNC(=O)c1nnc2c(n1)c(=O)n(C)c(=O)n2Cc1ccc(F)c(F)c1. The lowest BCUT2D eigenvalue weighted by Gasteiger charge is -2.17. The van der Waals surface area contributed by atoms with Crippen molar-refractivity contribution in [1.82, 2.24) is 34.5 Å². The molecule has 0 saturated carbocycles. The van der Waals surface area contributed by atoms with E-state index in [-0.39, 0.29) is 29.1 Å². The van der Waals surface area contributed by atoms with Gasteiger partial charge in [0.25, 0.3) is 11.5 Å². The van der Waals surface area contributed by atoms with E-state index in [0.29, 0.717) is 6.54 Å². The molecule has 3 rings (SSSR count). The van der Waals surface area contributed by atoms with E-state index in [1.54, 1.807) is 0 Å². The third kappa shape index (κ3) is 5.28. The third-order valence-electron chi connectivity index (χ3n) is 5.31. The lowest BCUT2D eigenvalue weighted by atomic mass is 10.2. The van der Waals surface area contributed by atoms with E-state index in [1.807, 2.05) is 0 Å². The smallest absolute Gasteiger partial charge is 0.332 e. The number of hydrogen-bond donors (Lipinski definition) is 1. The van der Waals surface area contributed by atoms with E-state index in [2.05, 4.69) is 39.2 Å². The summed E-state index contributed by atoms with van der Waals surface area (Å²) in [5, 5.41) is 10.4. The second kappa shape index (κ2) is 10.4. The van der Waals surface area contributed by atoms with Crippen molar-refractivity contribution in [2.24, 2.45) is 7.05 Å². The number of aromatic nitrogens is 5. The molecule has 0 aliphatic carbocycles. The summed E-state index contributed by atoms with van der Waals surface area (Å²) in [6.07, 6.45) is 0.726. The number of nitrogens with one attached hydrogen (secondary N) is 1. The first-order chi connectivity index (χ1) is 15.8. The van der Waals surface area contributed by atoms with Gasteiger partial charge < -0.3 is 10.2 Å². The number of hydrogen-bond acceptors (Lipinski definition) is 7. The molecule has 10 nitrogen and oxygen atoms in total. The van der Waals surface area contributed by atoms with Crippen molar-refractivity contribution in [2.45, 2.75) is 26.8 Å². The van der Waals surface area contributed by atoms with Gasteiger partial charge in [-0.25, -0.2) is 18.6 Å². The van der Waals surface area contributed by atoms with Crippen LogP contribution in [0, 0.1) is 11.6 Å². The lowest BCUT2D eigenvalue weighted by Crippen LogP contribution is -2.40. The van der Waals surface area contributed by atoms with Crippen LogP contribution in [0.25, 0.3) is 11.2 Å². The van der Waals surface area contributed by atoms with E-state index in [4.69, 9.17) is 0 Å². The molecule has 0 radical (unpaired) electrons. The monoisotopic (exact) mass is 461 g/mol. The molecule has 2 aromatic heterocycles. The van der Waals surface area contributed by atoms with Gasteiger partial charge in [-0.15, -0.1) is 10.2 Å². The Hall–Kier alpha value is -3.54. The van der Waals surface area contributed by atoms with Gasteiger partial charge in [0.2, 0.25) is 5.82 Å². The van der Waals surface area contributed by atoms with Crippen LogP contribution >= 0.6 is 0 Å². The Morgan fingerprint density at radius 1 is 1.12 bits per heavy atom. The molecular formula is C21H25F2N7O3. The molecule has 33 heavy (non-hydrogen) atoms. The predicted molar refractivity (Wildman–Crippen MR) is 117 cm³/mol. The number of carbonyl (C=O) groups excluding carboxylic acids is 1. The average Bonchev–Trinajstić information content (AvgIpc) is 2.82. The Morgan fingerprint density at radius 3 is 2.52 bits per heavy atom. The first-order valence-corrected chi connectivity index (χ1v) is 10.6. The molecule has 0 spiro atoms. The maximum atomic E-state index is 13.6. The van der Waals surface area contributed by atoms with Crippen LogP contribution in [0.4, 0.5) is 8.78 Å². The summed E-state index contributed by atoms with van der Waals surface area (Å²) in [4.78, 5) is 43.9. The van der Waals surface area contributed by atoms with E-state index in [1.165, 1.54) is 13.1 Å². The van der Waals surface area contributed by atoms with Gasteiger partial charge in [0.1, 0.15) is 0 Å². The molecule has 0 atom stereocenters. The van der Waals surface area contributed by atoms with Crippen LogP contribution in [0.15, 0.2) is 27.8 Å². The van der Waals surface area contributed by atoms with Crippen LogP contribution in [0.3, 0.4) is 0 Å². The minimum atomic E-state index is -1.07. The number of benzene rings is 1. The predicted octanol–water partition coefficient (Wildman–Crippen LogP) is 0.673. The second-order valence-corrected chi connectivity index (χ2v) is 7.43. The van der Waals surface area contributed by atoms with Gasteiger partial charge in [-0.1, -0.05) is 19.9 Å². The molecule has 0 unspecified atom stereocenters. The molecule has 0 aliphatic heterocycles. The maximum Gasteiger partial charge on any atom is 0.332 e. The molecule has 176 valence electrons. The van der Waals surface area contributed by atoms with E-state index < -0.39 is 28.8 Å². The molecule has 1 aromatic carbocycles. The number of nitrogens with zero attached hydrogens (tertiary/aromatic N) is 6. The van der Waals surface area contributed by atoms with Gasteiger partial charge in [-0.05, 0) is 43.8 Å². The van der Waals surface area contributed by atoms with Crippen molar-refractivity contribution < 1.29 is 13.6 Å². The lowest BCUT2D eigenvalue weighted by molar-refractivity contribution is 0.0940. The van der Waals surface area contributed by atoms with E-state index in [0.717, 1.165) is 47.3 Å². The Balaban J connectivity index is 1.88. The summed E-state index contributed by atoms with van der Waals surface area (Å²) in [7, 11) is 1.25. The summed E-state index contributed by atoms with van der Waals surface area (Å²) in [6, 6.07) is 3.19. The largest absolute Gasteiger partial charge is 0.349 e. The van der Waals surface area contributed by atoms with Gasteiger partial charge in [0, 0.05) is 13.6 Å². The summed E-state index contributed by atoms with van der Waals surface area (Å²) in [5.41, 5.74) is -1.61. The fraction of sp³-hybridized carbons (Fsp3) is 0.429. The Labute approximate surface area is 187 Å². The van der Waals surface area contributed by atoms with Crippen LogP contribution in [0.5, 0.6) is 0 Å². The topological polar surface area (TPSA) is 115 Å². The summed E-state index contributed by atoms with van der Waals surface area (Å²) in [6.45, 7) is 6.96. The van der Waals surface area contributed by atoms with Gasteiger partial charge >= 0.3 is 5.69 Å². The van der Waals surface area contributed by atoms with Gasteiger partial charge in [0.15, 0.2) is 22.8 Å². The Bertz CT molecular complexity index is 1290. The molecule has 1 N–H and O–H groups in total. The molecule has 3 aromatic rings. The molecule has 2 heterocycles. The van der Waals surface area contributed by atoms with Gasteiger partial charge in [-0.2, -0.15) is 0 Å². The van der Waals surface area contributed by atoms with Crippen molar-refractivity contribution in [3.8, 4) is 0 Å². The molecule has 0 saturated heterocycles. The van der Waals surface area contributed by atoms with Crippen molar-refractivity contribution in [3.05, 3.63) is 62.1 Å². The zero-order valence-corrected chi connectivity index (χ0v) is 18.6. The minimum Gasteiger partial charge on any atom is -0.349 e. The highest BCUT2D eigenvalue weighted by atomic mass is 19.2. The zero-order valence-electron chi connectivity index (χ0n) is 18.6. The van der Waals surface area contributed by atoms with Crippen LogP contribution in [0.1, 0.15) is 36.5 Å². The standard InChI is InChI=1S/C21H25F2N7O3/c1-4-29(5-2)10-6-9-24-19(31)17-25-16-18(27-26-17)30(21(33)28(3)20(16)32)12-13-7-8-14(22)15(23)11-13/h7-8,11H,4-6,9-10,12H2,1-3H3,(H,24,31). The Morgan fingerprint density at radius 2 is 1.85 bits per heavy atom. The van der Waals surface area contributed by atoms with Crippen molar-refractivity contribution in [1.29, 1.82) is 0 Å². The highest BCUT2D eigenvalue weighted by Gasteiger charge is 2.18. The Kier molecular flexibility index (Phi) is 7.59. The highest BCUT2D eigenvalue weighted by Crippen LogP contribution is 2.11. The number of carbonyl (C=O) groups is 1. The molecule has 12 heteroatoms. The van der Waals surface area contributed by atoms with E-state index >= 15 is 0 Å². The number of rotatable bonds is 9. The normalized spacial score (nSPS) is 11.3. The minimum absolute atomic E-state index is 0.161. The quantitative estimate of drug-likeness (QED) is 0.466. The van der Waals surface area contributed by atoms with Crippen molar-refractivity contribution in [3.63, 3.8) is 0 Å². The van der Waals surface area contributed by atoms with Gasteiger partial charge in [0.05, 0.1) is 6.54 Å². The molecule has 0 bridgehead atoms. The first-order valence-electron chi connectivity index (χ1n) is 10.6. The molecular weight excluding hydrogens is 436 g/mol. The fourth-order valence-corrected chi connectivity index (χ4v) is 3.35. The zero-order chi connectivity index (χ0) is 24.1. The molecule has 1 amide bonds. The highest BCUT2D eigenvalue weighted by molar-refractivity contribution is 5.91. The average molecular weight is 461 g/mol. The van der Waals surface area contributed by atoms with Crippen LogP contribution in [-0.4, -0.2) is 61.3 Å². The van der Waals surface area contributed by atoms with Crippen molar-refractivity contribution in [2.75, 3.05) is 26.2 Å². The second-order valence-electron chi connectivity index (χ2n) is 7.43. The molecule has 0 aliphatic rings. The molecule has 0 fully saturated rings. The van der Waals surface area contributed by atoms with Gasteiger partial charge in [-0.3, -0.25) is 18.7 Å². The maximum absolute atomic E-state index is 13.6. The number of fused-ring (bicyclic) bond motifs is 1. The summed E-state index contributed by atoms with van der Waals surface area (Å²) >= 11 is 0. The van der Waals surface area contributed by atoms with Crippen LogP contribution < -0.4 is 16.6 Å². The third-order valence-corrected chi connectivity index (χ3v) is 5.31.